The topological polar surface area (TPSA) is 47.0 Å². The van der Waals surface area contributed by atoms with Crippen molar-refractivity contribution in [2.45, 2.75) is 38.6 Å². The first-order valence-electron chi connectivity index (χ1n) is 7.56. The summed E-state index contributed by atoms with van der Waals surface area (Å²) in [4.78, 5) is 8.89. The predicted molar refractivity (Wildman–Crippen MR) is 83.6 cm³/mol. The first-order chi connectivity index (χ1) is 10.4. The molecule has 1 aromatic carbocycles. The van der Waals surface area contributed by atoms with E-state index in [9.17, 15) is 0 Å². The van der Waals surface area contributed by atoms with Crippen LogP contribution in [0.15, 0.2) is 30.6 Å². The molecule has 0 amide bonds. The highest BCUT2D eigenvalue weighted by atomic mass is 16.5. The van der Waals surface area contributed by atoms with Gasteiger partial charge < -0.3 is 10.1 Å². The maximum atomic E-state index is 5.18. The number of fused-ring (bicyclic) bond motifs is 1. The lowest BCUT2D eigenvalue weighted by molar-refractivity contribution is 0.414. The summed E-state index contributed by atoms with van der Waals surface area (Å²) in [6.45, 7) is 0.771. The number of aromatic nitrogens is 2. The van der Waals surface area contributed by atoms with Gasteiger partial charge in [0, 0.05) is 17.8 Å². The van der Waals surface area contributed by atoms with E-state index in [2.05, 4.69) is 27.4 Å². The summed E-state index contributed by atoms with van der Waals surface area (Å²) in [7, 11) is 1.68. The molecule has 0 unspecified atom stereocenters. The molecule has 1 heterocycles. The number of benzene rings is 1. The lowest BCUT2D eigenvalue weighted by Crippen LogP contribution is -2.07. The molecule has 1 aliphatic rings. The molecule has 2 aromatic rings. The molecule has 0 saturated carbocycles. The zero-order valence-electron chi connectivity index (χ0n) is 12.4. The van der Waals surface area contributed by atoms with Gasteiger partial charge in [-0.1, -0.05) is 18.6 Å². The van der Waals surface area contributed by atoms with Crippen LogP contribution in [0.2, 0.25) is 0 Å². The SMILES string of the molecule is COc1ccc(CNc2ncnc3c2CCCCC3)cc1. The van der Waals surface area contributed by atoms with Gasteiger partial charge in [0.05, 0.1) is 7.11 Å². The second-order valence-corrected chi connectivity index (χ2v) is 5.41. The standard InChI is InChI=1S/C17H21N3O/c1-21-14-9-7-13(8-10-14)11-18-17-15-5-3-2-4-6-16(15)19-12-20-17/h7-10,12H,2-6,11H2,1H3,(H,18,19,20). The molecule has 21 heavy (non-hydrogen) atoms. The van der Waals surface area contributed by atoms with Crippen molar-refractivity contribution in [3.8, 4) is 5.75 Å². The second-order valence-electron chi connectivity index (χ2n) is 5.41. The fraction of sp³-hybridized carbons (Fsp3) is 0.412. The van der Waals surface area contributed by atoms with E-state index in [1.54, 1.807) is 13.4 Å². The normalized spacial score (nSPS) is 14.1. The van der Waals surface area contributed by atoms with Gasteiger partial charge in [0.15, 0.2) is 0 Å². The zero-order valence-corrected chi connectivity index (χ0v) is 12.4. The fourth-order valence-electron chi connectivity index (χ4n) is 2.78. The number of nitrogens with one attached hydrogen (secondary N) is 1. The molecule has 1 aliphatic carbocycles. The summed E-state index contributed by atoms with van der Waals surface area (Å²) in [5.74, 6) is 1.88. The molecule has 1 N–H and O–H groups in total. The molecule has 0 aliphatic heterocycles. The van der Waals surface area contributed by atoms with Gasteiger partial charge in [-0.2, -0.15) is 0 Å². The highest BCUT2D eigenvalue weighted by molar-refractivity contribution is 5.47. The maximum absolute atomic E-state index is 5.18. The maximum Gasteiger partial charge on any atom is 0.133 e. The molecule has 110 valence electrons. The van der Waals surface area contributed by atoms with Crippen LogP contribution in [0.5, 0.6) is 5.75 Å². The van der Waals surface area contributed by atoms with Gasteiger partial charge in [0.1, 0.15) is 17.9 Å². The van der Waals surface area contributed by atoms with Gasteiger partial charge >= 0.3 is 0 Å². The van der Waals surface area contributed by atoms with Crippen LogP contribution in [0.4, 0.5) is 5.82 Å². The third-order valence-corrected chi connectivity index (χ3v) is 3.99. The van der Waals surface area contributed by atoms with E-state index in [1.165, 1.54) is 36.1 Å². The van der Waals surface area contributed by atoms with Crippen molar-refractivity contribution in [1.29, 1.82) is 0 Å². The molecular weight excluding hydrogens is 262 g/mol. The Morgan fingerprint density at radius 1 is 1.05 bits per heavy atom. The third-order valence-electron chi connectivity index (χ3n) is 3.99. The Bertz CT molecular complexity index is 595. The highest BCUT2D eigenvalue weighted by Gasteiger charge is 2.13. The lowest BCUT2D eigenvalue weighted by atomic mass is 10.1. The molecule has 4 nitrogen and oxygen atoms in total. The van der Waals surface area contributed by atoms with E-state index in [0.717, 1.165) is 31.0 Å². The lowest BCUT2D eigenvalue weighted by Gasteiger charge is -2.12. The van der Waals surface area contributed by atoms with Crippen molar-refractivity contribution in [2.24, 2.45) is 0 Å². The Hall–Kier alpha value is -2.10. The number of hydrogen-bond acceptors (Lipinski definition) is 4. The first kappa shape index (κ1) is 13.9. The van der Waals surface area contributed by atoms with Crippen molar-refractivity contribution >= 4 is 5.82 Å². The zero-order chi connectivity index (χ0) is 14.5. The summed E-state index contributed by atoms with van der Waals surface area (Å²) >= 11 is 0. The molecule has 3 rings (SSSR count). The Labute approximate surface area is 125 Å². The van der Waals surface area contributed by atoms with E-state index in [-0.39, 0.29) is 0 Å². The van der Waals surface area contributed by atoms with Crippen LogP contribution >= 0.6 is 0 Å². The molecule has 0 spiro atoms. The summed E-state index contributed by atoms with van der Waals surface area (Å²) in [5.41, 5.74) is 3.75. The highest BCUT2D eigenvalue weighted by Crippen LogP contribution is 2.24. The van der Waals surface area contributed by atoms with Crippen LogP contribution in [0.1, 0.15) is 36.1 Å². The fourth-order valence-corrected chi connectivity index (χ4v) is 2.78. The number of methoxy groups -OCH3 is 1. The quantitative estimate of drug-likeness (QED) is 0.874. The van der Waals surface area contributed by atoms with Crippen LogP contribution in [-0.2, 0) is 19.4 Å². The largest absolute Gasteiger partial charge is 0.497 e. The third kappa shape index (κ3) is 3.32. The van der Waals surface area contributed by atoms with Gasteiger partial charge in [-0.05, 0) is 43.4 Å². The number of ether oxygens (including phenoxy) is 1. The summed E-state index contributed by atoms with van der Waals surface area (Å²) in [6, 6.07) is 8.12. The van der Waals surface area contributed by atoms with Gasteiger partial charge in [0.25, 0.3) is 0 Å². The van der Waals surface area contributed by atoms with Crippen LogP contribution in [0, 0.1) is 0 Å². The molecule has 0 radical (unpaired) electrons. The molecule has 0 bridgehead atoms. The van der Waals surface area contributed by atoms with E-state index in [1.807, 2.05) is 12.1 Å². The smallest absolute Gasteiger partial charge is 0.133 e. The Morgan fingerprint density at radius 3 is 2.67 bits per heavy atom. The number of rotatable bonds is 4. The second kappa shape index (κ2) is 6.57. The number of aryl methyl sites for hydroxylation is 1. The minimum absolute atomic E-state index is 0.771. The van der Waals surface area contributed by atoms with Gasteiger partial charge in [-0.3, -0.25) is 0 Å². The summed E-state index contributed by atoms with van der Waals surface area (Å²) in [5, 5.41) is 3.46. The van der Waals surface area contributed by atoms with E-state index >= 15 is 0 Å². The van der Waals surface area contributed by atoms with Crippen LogP contribution in [-0.4, -0.2) is 17.1 Å². The number of hydrogen-bond donors (Lipinski definition) is 1. The summed E-state index contributed by atoms with van der Waals surface area (Å²) in [6.07, 6.45) is 7.60. The number of nitrogens with zero attached hydrogens (tertiary/aromatic N) is 2. The van der Waals surface area contributed by atoms with E-state index in [0.29, 0.717) is 0 Å². The average molecular weight is 283 g/mol. The average Bonchev–Trinajstić information content (AvgIpc) is 2.79. The van der Waals surface area contributed by atoms with Gasteiger partial charge in [-0.15, -0.1) is 0 Å². The first-order valence-corrected chi connectivity index (χ1v) is 7.56. The van der Waals surface area contributed by atoms with E-state index < -0.39 is 0 Å². The minimum atomic E-state index is 0.771. The van der Waals surface area contributed by atoms with Gasteiger partial charge in [-0.25, -0.2) is 9.97 Å². The van der Waals surface area contributed by atoms with Crippen LogP contribution < -0.4 is 10.1 Å². The van der Waals surface area contributed by atoms with Crippen LogP contribution in [0.25, 0.3) is 0 Å². The predicted octanol–water partition coefficient (Wildman–Crippen LogP) is 3.37. The Kier molecular flexibility index (Phi) is 4.34. The number of anilines is 1. The molecule has 0 atom stereocenters. The Morgan fingerprint density at radius 2 is 1.86 bits per heavy atom. The monoisotopic (exact) mass is 283 g/mol. The molecule has 0 fully saturated rings. The molecular formula is C17H21N3O. The summed E-state index contributed by atoms with van der Waals surface area (Å²) < 4.78 is 5.18. The van der Waals surface area contributed by atoms with Gasteiger partial charge in [0.2, 0.25) is 0 Å². The van der Waals surface area contributed by atoms with Crippen molar-refractivity contribution in [1.82, 2.24) is 9.97 Å². The Balaban J connectivity index is 1.72. The minimum Gasteiger partial charge on any atom is -0.497 e. The molecule has 4 heteroatoms. The van der Waals surface area contributed by atoms with Crippen molar-refractivity contribution < 1.29 is 4.74 Å². The van der Waals surface area contributed by atoms with E-state index in [4.69, 9.17) is 4.74 Å². The van der Waals surface area contributed by atoms with Crippen LogP contribution in [0.3, 0.4) is 0 Å². The van der Waals surface area contributed by atoms with Crippen molar-refractivity contribution in [3.05, 3.63) is 47.4 Å². The van der Waals surface area contributed by atoms with Crippen molar-refractivity contribution in [3.63, 3.8) is 0 Å². The molecule has 1 aromatic heterocycles. The van der Waals surface area contributed by atoms with Crippen molar-refractivity contribution in [2.75, 3.05) is 12.4 Å². The molecule has 0 saturated heterocycles.